The SMILES string of the molecule is O=c1[nH]c(=O)c2c(=O)[nH]cnc2[nH]1. The van der Waals surface area contributed by atoms with Crippen LogP contribution in [-0.4, -0.2) is 19.9 Å². The second-order valence-electron chi connectivity index (χ2n) is 2.36. The van der Waals surface area contributed by atoms with E-state index >= 15 is 0 Å². The van der Waals surface area contributed by atoms with Gasteiger partial charge in [-0.05, 0) is 0 Å². The van der Waals surface area contributed by atoms with Gasteiger partial charge in [-0.25, -0.2) is 9.78 Å². The second kappa shape index (κ2) is 2.41. The third-order valence-corrected chi connectivity index (χ3v) is 1.54. The van der Waals surface area contributed by atoms with Crippen LogP contribution in [-0.2, 0) is 0 Å². The smallest absolute Gasteiger partial charge is 0.312 e. The van der Waals surface area contributed by atoms with Gasteiger partial charge in [0.1, 0.15) is 5.39 Å². The Kier molecular flexibility index (Phi) is 1.38. The highest BCUT2D eigenvalue weighted by Crippen LogP contribution is 1.88. The van der Waals surface area contributed by atoms with Crippen molar-refractivity contribution < 1.29 is 0 Å². The number of nitrogens with one attached hydrogen (secondary N) is 3. The van der Waals surface area contributed by atoms with E-state index in [1.54, 1.807) is 0 Å². The van der Waals surface area contributed by atoms with Crippen molar-refractivity contribution in [3.8, 4) is 0 Å². The van der Waals surface area contributed by atoms with E-state index in [4.69, 9.17) is 0 Å². The maximum Gasteiger partial charge on any atom is 0.327 e. The lowest BCUT2D eigenvalue weighted by Gasteiger charge is -1.91. The molecule has 2 aromatic heterocycles. The largest absolute Gasteiger partial charge is 0.327 e. The van der Waals surface area contributed by atoms with Crippen molar-refractivity contribution >= 4 is 11.0 Å². The van der Waals surface area contributed by atoms with Gasteiger partial charge in [-0.15, -0.1) is 0 Å². The van der Waals surface area contributed by atoms with Crippen molar-refractivity contribution in [2.75, 3.05) is 0 Å². The molecule has 7 heteroatoms. The van der Waals surface area contributed by atoms with Crippen molar-refractivity contribution in [2.45, 2.75) is 0 Å². The number of hydrogen-bond acceptors (Lipinski definition) is 4. The van der Waals surface area contributed by atoms with Gasteiger partial charge < -0.3 is 4.98 Å². The molecule has 66 valence electrons. The minimum Gasteiger partial charge on any atom is -0.312 e. The lowest BCUT2D eigenvalue weighted by molar-refractivity contribution is 1.03. The number of aromatic amines is 3. The van der Waals surface area contributed by atoms with Crippen molar-refractivity contribution in [3.05, 3.63) is 37.5 Å². The molecule has 7 nitrogen and oxygen atoms in total. The minimum atomic E-state index is -0.743. The van der Waals surface area contributed by atoms with Crippen LogP contribution in [0.5, 0.6) is 0 Å². The van der Waals surface area contributed by atoms with Gasteiger partial charge in [0, 0.05) is 0 Å². The van der Waals surface area contributed by atoms with E-state index in [1.165, 1.54) is 0 Å². The lowest BCUT2D eigenvalue weighted by atomic mass is 10.4. The molecule has 0 atom stereocenters. The van der Waals surface area contributed by atoms with Crippen LogP contribution in [0.15, 0.2) is 20.7 Å². The molecule has 3 N–H and O–H groups in total. The highest BCUT2D eigenvalue weighted by molar-refractivity contribution is 5.70. The van der Waals surface area contributed by atoms with Gasteiger partial charge in [-0.1, -0.05) is 0 Å². The first-order valence-corrected chi connectivity index (χ1v) is 3.38. The summed E-state index contributed by atoms with van der Waals surface area (Å²) in [6, 6.07) is 0. The summed E-state index contributed by atoms with van der Waals surface area (Å²) in [4.78, 5) is 42.9. The van der Waals surface area contributed by atoms with Crippen LogP contribution in [0.3, 0.4) is 0 Å². The zero-order valence-electron chi connectivity index (χ0n) is 6.25. The number of rotatable bonds is 0. The molecule has 0 aromatic carbocycles. The van der Waals surface area contributed by atoms with Gasteiger partial charge in [0.05, 0.1) is 6.33 Å². The van der Waals surface area contributed by atoms with E-state index in [1.807, 2.05) is 4.98 Å². The molecule has 0 spiro atoms. The summed E-state index contributed by atoms with van der Waals surface area (Å²) in [5.74, 6) is 0. The van der Waals surface area contributed by atoms with Crippen molar-refractivity contribution in [2.24, 2.45) is 0 Å². The lowest BCUT2D eigenvalue weighted by Crippen LogP contribution is -2.27. The maximum absolute atomic E-state index is 11.1. The fourth-order valence-corrected chi connectivity index (χ4v) is 1.01. The number of H-pyrrole nitrogens is 3. The molecule has 0 aliphatic carbocycles. The first kappa shape index (κ1) is 7.47. The van der Waals surface area contributed by atoms with E-state index in [0.717, 1.165) is 6.33 Å². The molecule has 0 unspecified atom stereocenters. The van der Waals surface area contributed by atoms with Crippen LogP contribution >= 0.6 is 0 Å². The molecule has 2 heterocycles. The maximum atomic E-state index is 11.1. The van der Waals surface area contributed by atoms with E-state index in [-0.39, 0.29) is 11.0 Å². The van der Waals surface area contributed by atoms with Crippen LogP contribution in [0.1, 0.15) is 0 Å². The minimum absolute atomic E-state index is 0.0162. The number of hydrogen-bond donors (Lipinski definition) is 3. The van der Waals surface area contributed by atoms with Gasteiger partial charge in [0.15, 0.2) is 5.65 Å². The summed E-state index contributed by atoms with van der Waals surface area (Å²) >= 11 is 0. The molecule has 2 rings (SSSR count). The summed E-state index contributed by atoms with van der Waals surface area (Å²) in [6.45, 7) is 0. The molecule has 0 aliphatic rings. The third-order valence-electron chi connectivity index (χ3n) is 1.54. The molecular formula is C6H4N4O3. The first-order valence-electron chi connectivity index (χ1n) is 3.38. The van der Waals surface area contributed by atoms with Gasteiger partial charge in [-0.3, -0.25) is 19.6 Å². The van der Waals surface area contributed by atoms with E-state index in [9.17, 15) is 14.4 Å². The van der Waals surface area contributed by atoms with Crippen molar-refractivity contribution in [1.29, 1.82) is 0 Å². The van der Waals surface area contributed by atoms with Crippen LogP contribution in [0.4, 0.5) is 0 Å². The Morgan fingerprint density at radius 2 is 1.85 bits per heavy atom. The molecule has 0 saturated heterocycles. The molecule has 0 radical (unpaired) electrons. The van der Waals surface area contributed by atoms with Gasteiger partial charge in [-0.2, -0.15) is 0 Å². The van der Waals surface area contributed by atoms with Gasteiger partial charge in [0.25, 0.3) is 11.1 Å². The first-order chi connectivity index (χ1) is 6.18. The van der Waals surface area contributed by atoms with E-state index < -0.39 is 16.8 Å². The topological polar surface area (TPSA) is 111 Å². The fraction of sp³-hybridized carbons (Fsp3) is 0. The molecule has 2 aromatic rings. The summed E-state index contributed by atoms with van der Waals surface area (Å²) < 4.78 is 0. The highest BCUT2D eigenvalue weighted by Gasteiger charge is 2.04. The van der Waals surface area contributed by atoms with E-state index in [2.05, 4.69) is 15.0 Å². The Balaban J connectivity index is 3.22. The number of fused-ring (bicyclic) bond motifs is 1. The Morgan fingerprint density at radius 3 is 2.62 bits per heavy atom. The zero-order valence-corrected chi connectivity index (χ0v) is 6.25. The van der Waals surface area contributed by atoms with Crippen LogP contribution < -0.4 is 16.8 Å². The molecule has 13 heavy (non-hydrogen) atoms. The zero-order chi connectivity index (χ0) is 9.42. The van der Waals surface area contributed by atoms with Crippen LogP contribution in [0, 0.1) is 0 Å². The van der Waals surface area contributed by atoms with Crippen LogP contribution in [0.2, 0.25) is 0 Å². The summed E-state index contributed by atoms with van der Waals surface area (Å²) in [5, 5.41) is -0.179. The summed E-state index contributed by atoms with van der Waals surface area (Å²) in [5.41, 5.74) is -2.02. The molecule has 0 aliphatic heterocycles. The van der Waals surface area contributed by atoms with Crippen LogP contribution in [0.25, 0.3) is 11.0 Å². The standard InChI is InChI=1S/C6H4N4O3/c11-4-2-3(7-1-8-4)9-6(13)10-5(2)12/h1H,(H3,7,8,9,10,11,12,13). The predicted octanol–water partition coefficient (Wildman–Crippen LogP) is -1.70. The Morgan fingerprint density at radius 1 is 1.08 bits per heavy atom. The summed E-state index contributed by atoms with van der Waals surface area (Å²) in [6.07, 6.45) is 1.11. The van der Waals surface area contributed by atoms with Crippen molar-refractivity contribution in [3.63, 3.8) is 0 Å². The fourth-order valence-electron chi connectivity index (χ4n) is 1.01. The molecule has 0 amide bonds. The van der Waals surface area contributed by atoms with Gasteiger partial charge >= 0.3 is 5.69 Å². The molecule has 0 bridgehead atoms. The number of aromatic nitrogens is 4. The Hall–Kier alpha value is -2.18. The molecular weight excluding hydrogens is 176 g/mol. The second-order valence-corrected chi connectivity index (χ2v) is 2.36. The Labute approximate surface area is 69.5 Å². The average molecular weight is 180 g/mol. The molecule has 0 fully saturated rings. The van der Waals surface area contributed by atoms with Crippen molar-refractivity contribution in [1.82, 2.24) is 19.9 Å². The Bertz CT molecular complexity index is 620. The van der Waals surface area contributed by atoms with Gasteiger partial charge in [0.2, 0.25) is 0 Å². The summed E-state index contributed by atoms with van der Waals surface area (Å²) in [7, 11) is 0. The van der Waals surface area contributed by atoms with E-state index in [0.29, 0.717) is 0 Å². The normalized spacial score (nSPS) is 10.5. The quantitative estimate of drug-likeness (QED) is 0.448. The molecule has 0 saturated carbocycles. The third kappa shape index (κ3) is 1.06. The monoisotopic (exact) mass is 180 g/mol. The predicted molar refractivity (Wildman–Crippen MR) is 43.6 cm³/mol. The average Bonchev–Trinajstić information content (AvgIpc) is 2.02. The number of nitrogens with zero attached hydrogens (tertiary/aromatic N) is 1. The highest BCUT2D eigenvalue weighted by atomic mass is 16.2.